The molecule has 0 bridgehead atoms. The maximum atomic E-state index is 11.5. The molecule has 1 aliphatic heterocycles. The molecule has 1 unspecified atom stereocenters. The van der Waals surface area contributed by atoms with E-state index in [2.05, 4.69) is 5.32 Å². The Morgan fingerprint density at radius 1 is 1.69 bits per heavy atom. The van der Waals surface area contributed by atoms with Gasteiger partial charge >= 0.3 is 0 Å². The summed E-state index contributed by atoms with van der Waals surface area (Å²) in [5, 5.41) is 11.8. The van der Waals surface area contributed by atoms with Crippen LogP contribution in [0, 0.1) is 5.92 Å². The van der Waals surface area contributed by atoms with E-state index in [9.17, 15) is 4.79 Å². The molecule has 1 heterocycles. The van der Waals surface area contributed by atoms with E-state index in [0.717, 1.165) is 26.1 Å². The molecule has 1 aliphatic rings. The minimum Gasteiger partial charge on any atom is -0.396 e. The third kappa shape index (κ3) is 2.97. The maximum absolute atomic E-state index is 11.5. The van der Waals surface area contributed by atoms with Gasteiger partial charge in [-0.1, -0.05) is 0 Å². The highest BCUT2D eigenvalue weighted by Gasteiger charge is 2.24. The SMILES string of the molecule is CNCCC(=O)N1CCC(CO)C1. The van der Waals surface area contributed by atoms with Crippen molar-refractivity contribution >= 4 is 5.91 Å². The van der Waals surface area contributed by atoms with Crippen molar-refractivity contribution in [1.29, 1.82) is 0 Å². The molecule has 0 aromatic rings. The fourth-order valence-corrected chi connectivity index (χ4v) is 1.60. The normalized spacial score (nSPS) is 22.3. The predicted molar refractivity (Wildman–Crippen MR) is 50.3 cm³/mol. The molecule has 1 fully saturated rings. The number of nitrogens with zero attached hydrogens (tertiary/aromatic N) is 1. The zero-order chi connectivity index (χ0) is 9.68. The van der Waals surface area contributed by atoms with Gasteiger partial charge in [0.15, 0.2) is 0 Å². The summed E-state index contributed by atoms with van der Waals surface area (Å²) in [6, 6.07) is 0. The van der Waals surface area contributed by atoms with Gasteiger partial charge in [0, 0.05) is 38.6 Å². The van der Waals surface area contributed by atoms with E-state index in [0.29, 0.717) is 12.3 Å². The van der Waals surface area contributed by atoms with E-state index in [1.807, 2.05) is 11.9 Å². The van der Waals surface area contributed by atoms with Crippen LogP contribution < -0.4 is 5.32 Å². The molecule has 0 spiro atoms. The average molecular weight is 186 g/mol. The highest BCUT2D eigenvalue weighted by Crippen LogP contribution is 2.15. The lowest BCUT2D eigenvalue weighted by Crippen LogP contribution is -2.31. The molecule has 0 saturated carbocycles. The van der Waals surface area contributed by atoms with Gasteiger partial charge in [0.1, 0.15) is 0 Å². The van der Waals surface area contributed by atoms with Crippen molar-refractivity contribution in [3.63, 3.8) is 0 Å². The Morgan fingerprint density at radius 3 is 3.00 bits per heavy atom. The number of carbonyl (C=O) groups excluding carboxylic acids is 1. The van der Waals surface area contributed by atoms with Gasteiger partial charge in [0.05, 0.1) is 0 Å². The number of aliphatic hydroxyl groups is 1. The van der Waals surface area contributed by atoms with Gasteiger partial charge in [0.25, 0.3) is 0 Å². The second kappa shape index (κ2) is 5.19. The van der Waals surface area contributed by atoms with Crippen LogP contribution in [0.1, 0.15) is 12.8 Å². The molecule has 1 atom stereocenters. The molecule has 0 aromatic carbocycles. The Morgan fingerprint density at radius 2 is 2.46 bits per heavy atom. The van der Waals surface area contributed by atoms with E-state index >= 15 is 0 Å². The Kier molecular flexibility index (Phi) is 4.18. The number of likely N-dealkylation sites (tertiary alicyclic amines) is 1. The number of amides is 1. The number of hydrogen-bond acceptors (Lipinski definition) is 3. The Balaban J connectivity index is 2.25. The molecular weight excluding hydrogens is 168 g/mol. The summed E-state index contributed by atoms with van der Waals surface area (Å²) >= 11 is 0. The minimum atomic E-state index is 0.199. The van der Waals surface area contributed by atoms with Crippen LogP contribution in [0.25, 0.3) is 0 Å². The summed E-state index contributed by atoms with van der Waals surface area (Å²) in [7, 11) is 1.84. The standard InChI is InChI=1S/C9H18N2O2/c1-10-4-2-9(13)11-5-3-8(6-11)7-12/h8,10,12H,2-7H2,1H3. The van der Waals surface area contributed by atoms with Gasteiger partial charge in [-0.25, -0.2) is 0 Å². The van der Waals surface area contributed by atoms with Crippen LogP contribution in [0.4, 0.5) is 0 Å². The lowest BCUT2D eigenvalue weighted by atomic mass is 10.1. The van der Waals surface area contributed by atoms with E-state index in [-0.39, 0.29) is 12.5 Å². The molecule has 4 nitrogen and oxygen atoms in total. The molecule has 1 saturated heterocycles. The van der Waals surface area contributed by atoms with E-state index in [1.165, 1.54) is 0 Å². The molecule has 4 heteroatoms. The van der Waals surface area contributed by atoms with Crippen LogP contribution in [0.15, 0.2) is 0 Å². The van der Waals surface area contributed by atoms with Gasteiger partial charge in [-0.2, -0.15) is 0 Å². The van der Waals surface area contributed by atoms with Crippen molar-refractivity contribution in [2.75, 3.05) is 33.3 Å². The van der Waals surface area contributed by atoms with Crippen molar-refractivity contribution in [3.8, 4) is 0 Å². The number of hydrogen-bond donors (Lipinski definition) is 2. The highest BCUT2D eigenvalue weighted by atomic mass is 16.3. The smallest absolute Gasteiger partial charge is 0.223 e. The third-order valence-electron chi connectivity index (χ3n) is 2.49. The number of aliphatic hydroxyl groups excluding tert-OH is 1. The molecule has 1 amide bonds. The number of rotatable bonds is 4. The van der Waals surface area contributed by atoms with Crippen LogP contribution in [0.3, 0.4) is 0 Å². The van der Waals surface area contributed by atoms with Gasteiger partial charge in [-0.15, -0.1) is 0 Å². The van der Waals surface area contributed by atoms with Gasteiger partial charge < -0.3 is 15.3 Å². The Labute approximate surface area is 78.9 Å². The zero-order valence-electron chi connectivity index (χ0n) is 8.12. The first kappa shape index (κ1) is 10.5. The summed E-state index contributed by atoms with van der Waals surface area (Å²) in [5.41, 5.74) is 0. The highest BCUT2D eigenvalue weighted by molar-refractivity contribution is 5.76. The number of carbonyl (C=O) groups is 1. The van der Waals surface area contributed by atoms with Crippen molar-refractivity contribution in [3.05, 3.63) is 0 Å². The van der Waals surface area contributed by atoms with E-state index < -0.39 is 0 Å². The van der Waals surface area contributed by atoms with Gasteiger partial charge in [-0.3, -0.25) is 4.79 Å². The molecule has 2 N–H and O–H groups in total. The van der Waals surface area contributed by atoms with Crippen LogP contribution in [-0.2, 0) is 4.79 Å². The average Bonchev–Trinajstić information content (AvgIpc) is 2.62. The summed E-state index contributed by atoms with van der Waals surface area (Å²) in [6.45, 7) is 2.49. The summed E-state index contributed by atoms with van der Waals surface area (Å²) in [5.74, 6) is 0.504. The Bertz CT molecular complexity index is 173. The predicted octanol–water partition coefficient (Wildman–Crippen LogP) is -0.563. The lowest BCUT2D eigenvalue weighted by molar-refractivity contribution is -0.130. The summed E-state index contributed by atoms with van der Waals surface area (Å²) < 4.78 is 0. The molecular formula is C9H18N2O2. The molecule has 0 aromatic heterocycles. The summed E-state index contributed by atoms with van der Waals surface area (Å²) in [6.07, 6.45) is 1.51. The van der Waals surface area contributed by atoms with Crippen molar-refractivity contribution < 1.29 is 9.90 Å². The van der Waals surface area contributed by atoms with Crippen LogP contribution >= 0.6 is 0 Å². The molecule has 1 rings (SSSR count). The van der Waals surface area contributed by atoms with Crippen molar-refractivity contribution in [2.45, 2.75) is 12.8 Å². The molecule has 76 valence electrons. The molecule has 13 heavy (non-hydrogen) atoms. The lowest BCUT2D eigenvalue weighted by Gasteiger charge is -2.15. The van der Waals surface area contributed by atoms with Crippen LogP contribution in [0.5, 0.6) is 0 Å². The fourth-order valence-electron chi connectivity index (χ4n) is 1.60. The van der Waals surface area contributed by atoms with E-state index in [1.54, 1.807) is 0 Å². The zero-order valence-corrected chi connectivity index (χ0v) is 8.12. The fraction of sp³-hybridized carbons (Fsp3) is 0.889. The molecule has 0 aliphatic carbocycles. The monoisotopic (exact) mass is 186 g/mol. The minimum absolute atomic E-state index is 0.199. The third-order valence-corrected chi connectivity index (χ3v) is 2.49. The first-order valence-electron chi connectivity index (χ1n) is 4.81. The van der Waals surface area contributed by atoms with Crippen LogP contribution in [-0.4, -0.2) is 49.2 Å². The molecule has 0 radical (unpaired) electrons. The first-order chi connectivity index (χ1) is 6.27. The quantitative estimate of drug-likeness (QED) is 0.618. The van der Waals surface area contributed by atoms with E-state index in [4.69, 9.17) is 5.11 Å². The second-order valence-electron chi connectivity index (χ2n) is 3.53. The Hall–Kier alpha value is -0.610. The maximum Gasteiger partial charge on any atom is 0.223 e. The van der Waals surface area contributed by atoms with Crippen molar-refractivity contribution in [1.82, 2.24) is 10.2 Å². The van der Waals surface area contributed by atoms with Crippen LogP contribution in [0.2, 0.25) is 0 Å². The second-order valence-corrected chi connectivity index (χ2v) is 3.53. The summed E-state index contributed by atoms with van der Waals surface area (Å²) in [4.78, 5) is 13.3. The van der Waals surface area contributed by atoms with Gasteiger partial charge in [0.2, 0.25) is 5.91 Å². The number of nitrogens with one attached hydrogen (secondary N) is 1. The largest absolute Gasteiger partial charge is 0.396 e. The van der Waals surface area contributed by atoms with Crippen molar-refractivity contribution in [2.24, 2.45) is 5.92 Å². The van der Waals surface area contributed by atoms with Gasteiger partial charge in [-0.05, 0) is 13.5 Å². The topological polar surface area (TPSA) is 52.6 Å². The first-order valence-corrected chi connectivity index (χ1v) is 4.81.